The van der Waals surface area contributed by atoms with Gasteiger partial charge in [0.25, 0.3) is 0 Å². The molecule has 0 aliphatic carbocycles. The summed E-state index contributed by atoms with van der Waals surface area (Å²) >= 11 is 0. The Morgan fingerprint density at radius 3 is 2.54 bits per heavy atom. The molecule has 1 fully saturated rings. The van der Waals surface area contributed by atoms with Crippen molar-refractivity contribution < 1.29 is 18.7 Å². The maximum absolute atomic E-state index is 13.9. The third-order valence-corrected chi connectivity index (χ3v) is 7.38. The number of nitrogens with one attached hydrogen (secondary N) is 1. The Morgan fingerprint density at radius 1 is 1.03 bits per heavy atom. The first-order chi connectivity index (χ1) is 18.9. The summed E-state index contributed by atoms with van der Waals surface area (Å²) in [6.45, 7) is 5.11. The third-order valence-electron chi connectivity index (χ3n) is 7.38. The van der Waals surface area contributed by atoms with Crippen LogP contribution in [0.2, 0.25) is 0 Å². The summed E-state index contributed by atoms with van der Waals surface area (Å²) in [5.41, 5.74) is 5.38. The van der Waals surface area contributed by atoms with Gasteiger partial charge in [0.1, 0.15) is 11.7 Å². The fourth-order valence-corrected chi connectivity index (χ4v) is 5.12. The molecule has 5 rings (SSSR count). The van der Waals surface area contributed by atoms with E-state index in [1.807, 2.05) is 36.4 Å². The number of benzene rings is 3. The van der Waals surface area contributed by atoms with Gasteiger partial charge in [-0.15, -0.1) is 0 Å². The fourth-order valence-electron chi connectivity index (χ4n) is 5.12. The predicted octanol–water partition coefficient (Wildman–Crippen LogP) is 4.54. The van der Waals surface area contributed by atoms with E-state index in [4.69, 9.17) is 9.73 Å². The molecule has 0 radical (unpaired) electrons. The molecule has 3 aromatic rings. The number of halogens is 1. The van der Waals surface area contributed by atoms with Crippen LogP contribution in [-0.4, -0.2) is 67.7 Å². The lowest BCUT2D eigenvalue weighted by atomic mass is 9.89. The summed E-state index contributed by atoms with van der Waals surface area (Å²) in [5.74, 6) is -1.63. The van der Waals surface area contributed by atoms with Gasteiger partial charge in [-0.25, -0.2) is 4.39 Å². The Kier molecular flexibility index (Phi) is 8.14. The minimum atomic E-state index is -0.693. The van der Waals surface area contributed by atoms with E-state index in [0.29, 0.717) is 23.4 Å². The van der Waals surface area contributed by atoms with Gasteiger partial charge in [-0.05, 0) is 66.1 Å². The highest BCUT2D eigenvalue weighted by Crippen LogP contribution is 2.37. The zero-order valence-electron chi connectivity index (χ0n) is 22.3. The molecule has 202 valence electrons. The summed E-state index contributed by atoms with van der Waals surface area (Å²) in [5, 5.41) is 2.81. The van der Waals surface area contributed by atoms with Crippen molar-refractivity contribution in [2.75, 3.05) is 45.7 Å². The van der Waals surface area contributed by atoms with E-state index >= 15 is 0 Å². The number of ether oxygens (including phenoxy) is 1. The molecule has 2 aliphatic heterocycles. The number of amides is 1. The van der Waals surface area contributed by atoms with Crippen LogP contribution in [0.1, 0.15) is 34.6 Å². The molecular formula is C31H33FN4O3. The van der Waals surface area contributed by atoms with Gasteiger partial charge < -0.3 is 15.0 Å². The molecule has 3 aromatic carbocycles. The average molecular weight is 529 g/mol. The van der Waals surface area contributed by atoms with Crippen molar-refractivity contribution >= 4 is 29.0 Å². The van der Waals surface area contributed by atoms with Crippen LogP contribution < -0.4 is 5.32 Å². The average Bonchev–Trinajstić information content (AvgIpc) is 3.27. The highest BCUT2D eigenvalue weighted by atomic mass is 19.1. The first kappa shape index (κ1) is 26.7. The number of likely N-dealkylation sites (N-methyl/N-ethyl adjacent to an activating group) is 1. The number of piperazine rings is 1. The highest BCUT2D eigenvalue weighted by Gasteiger charge is 2.35. The van der Waals surface area contributed by atoms with Crippen LogP contribution in [0.15, 0.2) is 71.7 Å². The monoisotopic (exact) mass is 528 g/mol. The summed E-state index contributed by atoms with van der Waals surface area (Å²) in [6, 6.07) is 20.2. The number of esters is 1. The molecule has 1 saturated heterocycles. The number of carbonyl (C=O) groups is 2. The number of methoxy groups -OCH3 is 1. The van der Waals surface area contributed by atoms with Gasteiger partial charge in [0.2, 0.25) is 5.91 Å². The van der Waals surface area contributed by atoms with Crippen molar-refractivity contribution in [3.05, 3.63) is 94.8 Å². The molecular weight excluding hydrogens is 495 g/mol. The van der Waals surface area contributed by atoms with Gasteiger partial charge in [-0.3, -0.25) is 19.5 Å². The lowest BCUT2D eigenvalue weighted by molar-refractivity contribution is -0.140. The molecule has 8 heteroatoms. The molecule has 0 saturated carbocycles. The molecule has 2 heterocycles. The summed E-state index contributed by atoms with van der Waals surface area (Å²) in [4.78, 5) is 34.7. The van der Waals surface area contributed by atoms with Crippen LogP contribution in [0.3, 0.4) is 0 Å². The van der Waals surface area contributed by atoms with Gasteiger partial charge in [0.05, 0.1) is 18.5 Å². The lowest BCUT2D eigenvalue weighted by Crippen LogP contribution is -2.43. The standard InChI is InChI=1S/C31H33FN4O3/c1-35-14-16-36(17-15-35)20-22-6-10-25(11-7-22)33-30(23-5-3-4-21(18-23)8-13-28(37)39-2)29-26-12-9-24(32)19-27(26)34-31(29)38/h3-7,9-12,18-19,29H,8,13-17,20H2,1-2H3,(H,34,38). The maximum atomic E-state index is 13.9. The quantitative estimate of drug-likeness (QED) is 0.343. The number of aliphatic imine (C=N–C) groups is 1. The third kappa shape index (κ3) is 6.41. The smallest absolute Gasteiger partial charge is 0.305 e. The lowest BCUT2D eigenvalue weighted by Gasteiger charge is -2.32. The van der Waals surface area contributed by atoms with E-state index in [0.717, 1.165) is 49.5 Å². The zero-order chi connectivity index (χ0) is 27.4. The van der Waals surface area contributed by atoms with Gasteiger partial charge >= 0.3 is 5.97 Å². The van der Waals surface area contributed by atoms with Crippen molar-refractivity contribution in [1.82, 2.24) is 9.80 Å². The second-order valence-electron chi connectivity index (χ2n) is 10.2. The van der Waals surface area contributed by atoms with Crippen molar-refractivity contribution in [2.45, 2.75) is 25.3 Å². The van der Waals surface area contributed by atoms with E-state index in [9.17, 15) is 14.0 Å². The van der Waals surface area contributed by atoms with Crippen molar-refractivity contribution in [2.24, 2.45) is 4.99 Å². The first-order valence-electron chi connectivity index (χ1n) is 13.2. The SMILES string of the molecule is COC(=O)CCc1cccc(C(=Nc2ccc(CN3CCN(C)CC3)cc2)C2C(=O)Nc3cc(F)ccc32)c1. The Morgan fingerprint density at radius 2 is 1.79 bits per heavy atom. The molecule has 39 heavy (non-hydrogen) atoms. The summed E-state index contributed by atoms with van der Waals surface area (Å²) in [6.07, 6.45) is 0.765. The number of hydrogen-bond donors (Lipinski definition) is 1. The normalized spacial score (nSPS) is 18.1. The second kappa shape index (κ2) is 11.9. The minimum Gasteiger partial charge on any atom is -0.469 e. The van der Waals surface area contributed by atoms with Crippen molar-refractivity contribution in [1.29, 1.82) is 0 Å². The van der Waals surface area contributed by atoms with E-state index in [2.05, 4.69) is 34.3 Å². The van der Waals surface area contributed by atoms with Gasteiger partial charge in [0, 0.05) is 44.8 Å². The molecule has 2 aliphatic rings. The van der Waals surface area contributed by atoms with E-state index < -0.39 is 11.7 Å². The first-order valence-corrected chi connectivity index (χ1v) is 13.2. The van der Waals surface area contributed by atoms with Crippen LogP contribution in [0.4, 0.5) is 15.8 Å². The van der Waals surface area contributed by atoms with Crippen LogP contribution in [0, 0.1) is 5.82 Å². The number of nitrogens with zero attached hydrogens (tertiary/aromatic N) is 3. The molecule has 1 atom stereocenters. The van der Waals surface area contributed by atoms with Crippen LogP contribution >= 0.6 is 0 Å². The maximum Gasteiger partial charge on any atom is 0.305 e. The van der Waals surface area contributed by atoms with Crippen molar-refractivity contribution in [3.63, 3.8) is 0 Å². The molecule has 0 spiro atoms. The number of aryl methyl sites for hydroxylation is 1. The number of anilines is 1. The summed E-state index contributed by atoms with van der Waals surface area (Å²) in [7, 11) is 3.52. The van der Waals surface area contributed by atoms with Crippen LogP contribution in [0.5, 0.6) is 0 Å². The minimum absolute atomic E-state index is 0.249. The topological polar surface area (TPSA) is 74.2 Å². The molecule has 7 nitrogen and oxygen atoms in total. The van der Waals surface area contributed by atoms with Crippen LogP contribution in [-0.2, 0) is 27.3 Å². The Labute approximate surface area is 228 Å². The number of carbonyl (C=O) groups excluding carboxylic acids is 2. The van der Waals surface area contributed by atoms with E-state index in [1.165, 1.54) is 24.8 Å². The van der Waals surface area contributed by atoms with Gasteiger partial charge in [-0.1, -0.05) is 36.4 Å². The van der Waals surface area contributed by atoms with Crippen LogP contribution in [0.25, 0.3) is 0 Å². The Hall–Kier alpha value is -3.88. The molecule has 0 aromatic heterocycles. The molecule has 1 unspecified atom stereocenters. The molecule has 0 bridgehead atoms. The van der Waals surface area contributed by atoms with E-state index in [-0.39, 0.29) is 18.3 Å². The highest BCUT2D eigenvalue weighted by molar-refractivity contribution is 6.24. The fraction of sp³-hybridized carbons (Fsp3) is 0.323. The van der Waals surface area contributed by atoms with Gasteiger partial charge in [-0.2, -0.15) is 0 Å². The number of rotatable bonds is 8. The second-order valence-corrected chi connectivity index (χ2v) is 10.2. The van der Waals surface area contributed by atoms with E-state index in [1.54, 1.807) is 6.07 Å². The van der Waals surface area contributed by atoms with Gasteiger partial charge in [0.15, 0.2) is 0 Å². The summed E-state index contributed by atoms with van der Waals surface area (Å²) < 4.78 is 18.7. The largest absolute Gasteiger partial charge is 0.469 e. The Bertz CT molecular complexity index is 1380. The molecule has 1 amide bonds. The number of fused-ring (bicyclic) bond motifs is 1. The Balaban J connectivity index is 1.46. The number of hydrogen-bond acceptors (Lipinski definition) is 6. The molecule has 1 N–H and O–H groups in total. The van der Waals surface area contributed by atoms with Crippen molar-refractivity contribution in [3.8, 4) is 0 Å². The zero-order valence-corrected chi connectivity index (χ0v) is 22.3. The predicted molar refractivity (Wildman–Crippen MR) is 150 cm³/mol.